The van der Waals surface area contributed by atoms with Crippen LogP contribution in [0.4, 0.5) is 5.69 Å². The summed E-state index contributed by atoms with van der Waals surface area (Å²) in [6.45, 7) is 1.57. The summed E-state index contributed by atoms with van der Waals surface area (Å²) < 4.78 is 47.7. The van der Waals surface area contributed by atoms with Crippen LogP contribution in [0.15, 0.2) is 23.1 Å². The average molecular weight is 306 g/mol. The number of rotatable bonds is 5. The highest BCUT2D eigenvalue weighted by molar-refractivity contribution is 7.91. The molecule has 108 valence electrons. The van der Waals surface area contributed by atoms with Crippen LogP contribution in [0.5, 0.6) is 0 Å². The lowest BCUT2D eigenvalue weighted by molar-refractivity contribution is 0.484. The Balaban J connectivity index is 3.03. The van der Waals surface area contributed by atoms with E-state index in [9.17, 15) is 16.8 Å². The van der Waals surface area contributed by atoms with Crippen molar-refractivity contribution in [1.29, 1.82) is 0 Å². The molecule has 0 spiro atoms. The molecule has 19 heavy (non-hydrogen) atoms. The number of hydrogen-bond donors (Lipinski definition) is 1. The van der Waals surface area contributed by atoms with Crippen molar-refractivity contribution >= 4 is 25.5 Å². The Morgan fingerprint density at radius 3 is 2.26 bits per heavy atom. The maximum atomic E-state index is 12.3. The van der Waals surface area contributed by atoms with Crippen molar-refractivity contribution in [2.75, 3.05) is 31.3 Å². The van der Waals surface area contributed by atoms with Crippen molar-refractivity contribution in [2.45, 2.75) is 11.8 Å². The van der Waals surface area contributed by atoms with Crippen LogP contribution < -0.4 is 5.73 Å². The van der Waals surface area contributed by atoms with Gasteiger partial charge in [0.1, 0.15) is 9.84 Å². The second-order valence-electron chi connectivity index (χ2n) is 4.48. The minimum atomic E-state index is -3.70. The van der Waals surface area contributed by atoms with Crippen LogP contribution in [0.25, 0.3) is 0 Å². The fourth-order valence-corrected chi connectivity index (χ4v) is 3.64. The van der Waals surface area contributed by atoms with E-state index in [4.69, 9.17) is 5.73 Å². The first-order valence-electron chi connectivity index (χ1n) is 5.54. The molecule has 0 amide bonds. The molecule has 1 aromatic carbocycles. The summed E-state index contributed by atoms with van der Waals surface area (Å²) in [6, 6.07) is 4.50. The van der Waals surface area contributed by atoms with E-state index in [1.807, 2.05) is 0 Å². The van der Waals surface area contributed by atoms with Crippen LogP contribution in [0.3, 0.4) is 0 Å². The number of aryl methyl sites for hydroxylation is 1. The first kappa shape index (κ1) is 15.9. The van der Waals surface area contributed by atoms with E-state index in [2.05, 4.69) is 0 Å². The van der Waals surface area contributed by atoms with Gasteiger partial charge in [0.25, 0.3) is 0 Å². The fraction of sp³-hybridized carbons (Fsp3) is 0.455. The van der Waals surface area contributed by atoms with Gasteiger partial charge in [0, 0.05) is 25.5 Å². The molecule has 0 aromatic heterocycles. The fourth-order valence-electron chi connectivity index (χ4n) is 1.54. The topological polar surface area (TPSA) is 97.5 Å². The van der Waals surface area contributed by atoms with E-state index >= 15 is 0 Å². The van der Waals surface area contributed by atoms with Crippen molar-refractivity contribution in [1.82, 2.24) is 4.31 Å². The predicted octanol–water partition coefficient (Wildman–Crippen LogP) is 0.242. The lowest BCUT2D eigenvalue weighted by atomic mass is 10.2. The standard InChI is InChI=1S/C11H18N2O4S2/c1-9-8-10(12)4-5-11(9)19(16,17)13(2)6-7-18(3,14)15/h4-5,8H,6-7,12H2,1-3H3. The number of nitrogens with zero attached hydrogens (tertiary/aromatic N) is 1. The summed E-state index contributed by atoms with van der Waals surface area (Å²) in [7, 11) is -5.54. The van der Waals surface area contributed by atoms with Gasteiger partial charge in [0.05, 0.1) is 10.6 Å². The van der Waals surface area contributed by atoms with E-state index < -0.39 is 19.9 Å². The summed E-state index contributed by atoms with van der Waals surface area (Å²) in [6.07, 6.45) is 1.07. The molecule has 1 aromatic rings. The molecule has 0 aliphatic heterocycles. The smallest absolute Gasteiger partial charge is 0.243 e. The normalized spacial score (nSPS) is 12.8. The largest absolute Gasteiger partial charge is 0.399 e. The molecule has 0 aliphatic rings. The van der Waals surface area contributed by atoms with Gasteiger partial charge in [0.2, 0.25) is 10.0 Å². The summed E-state index contributed by atoms with van der Waals surface area (Å²) >= 11 is 0. The number of benzene rings is 1. The monoisotopic (exact) mass is 306 g/mol. The minimum absolute atomic E-state index is 0.0784. The number of sulfonamides is 1. The predicted molar refractivity (Wildman–Crippen MR) is 75.1 cm³/mol. The van der Waals surface area contributed by atoms with Crippen molar-refractivity contribution < 1.29 is 16.8 Å². The third kappa shape index (κ3) is 4.19. The zero-order valence-corrected chi connectivity index (χ0v) is 12.8. The van der Waals surface area contributed by atoms with Crippen LogP contribution in [-0.4, -0.2) is 46.7 Å². The van der Waals surface area contributed by atoms with Gasteiger partial charge in [-0.1, -0.05) is 0 Å². The highest BCUT2D eigenvalue weighted by atomic mass is 32.2. The highest BCUT2D eigenvalue weighted by Gasteiger charge is 2.23. The Hall–Kier alpha value is -1.12. The van der Waals surface area contributed by atoms with Crippen molar-refractivity contribution in [2.24, 2.45) is 0 Å². The lowest BCUT2D eigenvalue weighted by Crippen LogP contribution is -2.31. The Bertz CT molecular complexity index is 666. The summed E-state index contributed by atoms with van der Waals surface area (Å²) in [5, 5.41) is 0. The molecular weight excluding hydrogens is 288 g/mol. The molecule has 1 rings (SSSR count). The van der Waals surface area contributed by atoms with Crippen LogP contribution >= 0.6 is 0 Å². The molecule has 0 radical (unpaired) electrons. The Morgan fingerprint density at radius 2 is 1.79 bits per heavy atom. The first-order chi connectivity index (χ1) is 8.54. The van der Waals surface area contributed by atoms with Gasteiger partial charge in [-0.15, -0.1) is 0 Å². The van der Waals surface area contributed by atoms with Crippen LogP contribution in [-0.2, 0) is 19.9 Å². The lowest BCUT2D eigenvalue weighted by Gasteiger charge is -2.18. The van der Waals surface area contributed by atoms with E-state index in [0.717, 1.165) is 10.6 Å². The van der Waals surface area contributed by atoms with Gasteiger partial charge in [-0.2, -0.15) is 4.31 Å². The number of nitrogen functional groups attached to an aromatic ring is 1. The number of hydrogen-bond acceptors (Lipinski definition) is 5. The zero-order chi connectivity index (χ0) is 14.8. The van der Waals surface area contributed by atoms with E-state index in [1.54, 1.807) is 13.0 Å². The molecular formula is C11H18N2O4S2. The molecule has 0 atom stereocenters. The first-order valence-corrected chi connectivity index (χ1v) is 9.04. The number of nitrogens with two attached hydrogens (primary N) is 1. The van der Waals surface area contributed by atoms with Gasteiger partial charge in [-0.05, 0) is 30.7 Å². The SMILES string of the molecule is Cc1cc(N)ccc1S(=O)(=O)N(C)CCS(C)(=O)=O. The molecule has 0 heterocycles. The molecule has 0 saturated heterocycles. The maximum absolute atomic E-state index is 12.3. The molecule has 6 nitrogen and oxygen atoms in total. The van der Waals surface area contributed by atoms with E-state index in [0.29, 0.717) is 11.3 Å². The molecule has 2 N–H and O–H groups in total. The molecule has 8 heteroatoms. The maximum Gasteiger partial charge on any atom is 0.243 e. The third-order valence-corrected chi connectivity index (χ3v) is 5.61. The summed E-state index contributed by atoms with van der Waals surface area (Å²) in [5.74, 6) is -0.212. The van der Waals surface area contributed by atoms with E-state index in [1.165, 1.54) is 19.2 Å². The van der Waals surface area contributed by atoms with Crippen molar-refractivity contribution in [3.05, 3.63) is 23.8 Å². The second kappa shape index (κ2) is 5.48. The van der Waals surface area contributed by atoms with E-state index in [-0.39, 0.29) is 17.2 Å². The molecule has 0 saturated carbocycles. The quantitative estimate of drug-likeness (QED) is 0.786. The summed E-state index contributed by atoms with van der Waals surface area (Å²) in [5.41, 5.74) is 6.59. The average Bonchev–Trinajstić information content (AvgIpc) is 2.24. The molecule has 0 bridgehead atoms. The second-order valence-corrected chi connectivity index (χ2v) is 8.75. The van der Waals surface area contributed by atoms with Gasteiger partial charge in [-0.3, -0.25) is 0 Å². The Labute approximate surface area is 114 Å². The number of anilines is 1. The third-order valence-electron chi connectivity index (χ3n) is 2.66. The molecule has 0 unspecified atom stereocenters. The van der Waals surface area contributed by atoms with Crippen LogP contribution in [0.1, 0.15) is 5.56 Å². The highest BCUT2D eigenvalue weighted by Crippen LogP contribution is 2.20. The molecule has 0 fully saturated rings. The van der Waals surface area contributed by atoms with Gasteiger partial charge in [0.15, 0.2) is 0 Å². The molecule has 0 aliphatic carbocycles. The van der Waals surface area contributed by atoms with Crippen LogP contribution in [0.2, 0.25) is 0 Å². The zero-order valence-electron chi connectivity index (χ0n) is 11.1. The minimum Gasteiger partial charge on any atom is -0.399 e. The van der Waals surface area contributed by atoms with Gasteiger partial charge in [-0.25, -0.2) is 16.8 Å². The van der Waals surface area contributed by atoms with Crippen LogP contribution in [0, 0.1) is 6.92 Å². The number of sulfone groups is 1. The van der Waals surface area contributed by atoms with Crippen molar-refractivity contribution in [3.63, 3.8) is 0 Å². The Kier molecular flexibility index (Phi) is 4.59. The Morgan fingerprint density at radius 1 is 1.21 bits per heavy atom. The summed E-state index contributed by atoms with van der Waals surface area (Å²) in [4.78, 5) is 0.137. The van der Waals surface area contributed by atoms with Gasteiger partial charge < -0.3 is 5.73 Å². The van der Waals surface area contributed by atoms with Crippen molar-refractivity contribution in [3.8, 4) is 0 Å². The van der Waals surface area contributed by atoms with Gasteiger partial charge >= 0.3 is 0 Å².